The molecule has 0 spiro atoms. The highest BCUT2D eigenvalue weighted by Crippen LogP contribution is 2.33. The molecule has 0 aliphatic heterocycles. The lowest BCUT2D eigenvalue weighted by Gasteiger charge is -2.19. The second kappa shape index (κ2) is 10.8. The Morgan fingerprint density at radius 2 is 1.65 bits per heavy atom. The van der Waals surface area contributed by atoms with Crippen LogP contribution in [0.3, 0.4) is 0 Å². The molecule has 1 atom stereocenters. The van der Waals surface area contributed by atoms with Crippen LogP contribution in [-0.2, 0) is 25.9 Å². The highest BCUT2D eigenvalue weighted by Gasteiger charge is 2.38. The number of pyridine rings is 2. The van der Waals surface area contributed by atoms with Crippen LogP contribution >= 0.6 is 0 Å². The van der Waals surface area contributed by atoms with Gasteiger partial charge in [-0.2, -0.15) is 31.4 Å². The second-order valence-electron chi connectivity index (χ2n) is 9.49. The first kappa shape index (κ1) is 28.8. The van der Waals surface area contributed by atoms with Gasteiger partial charge in [-0.1, -0.05) is 6.07 Å². The van der Waals surface area contributed by atoms with Crippen LogP contribution in [0.25, 0.3) is 22.0 Å². The molecule has 0 saturated heterocycles. The molecular formula is C27H25F6N5O2. The Bertz CT molecular complexity index is 1660. The average molecular weight is 566 g/mol. The number of aromatic nitrogens is 4. The number of aryl methyl sites for hydroxylation is 3. The summed E-state index contributed by atoms with van der Waals surface area (Å²) in [7, 11) is 1.14. The minimum Gasteiger partial charge on any atom is -0.381 e. The Kier molecular flexibility index (Phi) is 7.77. The van der Waals surface area contributed by atoms with Crippen molar-refractivity contribution in [2.75, 3.05) is 5.32 Å². The van der Waals surface area contributed by atoms with Crippen molar-refractivity contribution in [3.05, 3.63) is 86.3 Å². The maximum absolute atomic E-state index is 13.4. The molecule has 3 aromatic heterocycles. The van der Waals surface area contributed by atoms with Crippen molar-refractivity contribution in [1.29, 1.82) is 0 Å². The number of halogens is 6. The van der Waals surface area contributed by atoms with Gasteiger partial charge in [0, 0.05) is 43.0 Å². The summed E-state index contributed by atoms with van der Waals surface area (Å²) in [6, 6.07) is 6.77. The Morgan fingerprint density at radius 3 is 2.27 bits per heavy atom. The number of hydrogen-bond donors (Lipinski definition) is 1. The van der Waals surface area contributed by atoms with E-state index in [1.807, 2.05) is 0 Å². The average Bonchev–Trinajstić information content (AvgIpc) is 2.87. The Labute approximate surface area is 224 Å². The van der Waals surface area contributed by atoms with Crippen LogP contribution in [0.15, 0.2) is 58.5 Å². The molecule has 1 N–H and O–H groups in total. The number of alkyl halides is 6. The van der Waals surface area contributed by atoms with E-state index >= 15 is 0 Å². The van der Waals surface area contributed by atoms with Crippen molar-refractivity contribution in [1.82, 2.24) is 19.3 Å². The van der Waals surface area contributed by atoms with Crippen LogP contribution in [-0.4, -0.2) is 25.4 Å². The van der Waals surface area contributed by atoms with Gasteiger partial charge in [-0.05, 0) is 61.9 Å². The zero-order chi connectivity index (χ0) is 29.4. The number of rotatable bonds is 7. The molecule has 0 radical (unpaired) electrons. The zero-order valence-electron chi connectivity index (χ0n) is 21.7. The first-order valence-electron chi connectivity index (χ1n) is 12.2. The zero-order valence-corrected chi connectivity index (χ0v) is 21.7. The number of nitrogens with zero attached hydrogens (tertiary/aromatic N) is 4. The largest absolute Gasteiger partial charge is 0.423 e. The lowest BCUT2D eigenvalue weighted by atomic mass is 9.98. The van der Waals surface area contributed by atoms with Crippen LogP contribution in [0.1, 0.15) is 36.5 Å². The standard InChI is InChI=1S/C27H25F6N5O2/c1-15(36-22-14-35-37(3)25(40)23(22)27(31,32)33)5-4-11-38-12-10-18-16(2)19(7-8-20(18)24(38)39)21-9-6-17(13-34-21)26(28,29)30/h6-10,12-15,36H,4-5,11H2,1-3H3/t15-/m0/s1. The van der Waals surface area contributed by atoms with Gasteiger partial charge >= 0.3 is 12.4 Å². The highest BCUT2D eigenvalue weighted by atomic mass is 19.4. The van der Waals surface area contributed by atoms with Gasteiger partial charge in [0.2, 0.25) is 0 Å². The molecule has 0 amide bonds. The third-order valence-corrected chi connectivity index (χ3v) is 6.65. The van der Waals surface area contributed by atoms with Crippen molar-refractivity contribution >= 4 is 16.5 Å². The molecule has 40 heavy (non-hydrogen) atoms. The molecule has 0 bridgehead atoms. The number of benzene rings is 1. The topological polar surface area (TPSA) is 81.8 Å². The maximum Gasteiger partial charge on any atom is 0.423 e. The number of hydrogen-bond acceptors (Lipinski definition) is 5. The first-order chi connectivity index (χ1) is 18.7. The molecule has 212 valence electrons. The van der Waals surface area contributed by atoms with Crippen LogP contribution in [0.2, 0.25) is 0 Å². The molecule has 0 unspecified atom stereocenters. The molecule has 0 aliphatic carbocycles. The van der Waals surface area contributed by atoms with Crippen molar-refractivity contribution < 1.29 is 26.3 Å². The van der Waals surface area contributed by atoms with E-state index < -0.39 is 40.8 Å². The van der Waals surface area contributed by atoms with E-state index in [-0.39, 0.29) is 5.56 Å². The predicted molar refractivity (Wildman–Crippen MR) is 138 cm³/mol. The van der Waals surface area contributed by atoms with E-state index in [0.717, 1.165) is 25.5 Å². The second-order valence-corrected chi connectivity index (χ2v) is 9.49. The molecule has 1 aromatic carbocycles. The van der Waals surface area contributed by atoms with E-state index in [2.05, 4.69) is 15.4 Å². The van der Waals surface area contributed by atoms with Crippen LogP contribution in [0.4, 0.5) is 32.0 Å². The first-order valence-corrected chi connectivity index (χ1v) is 12.2. The van der Waals surface area contributed by atoms with Gasteiger partial charge in [0.1, 0.15) is 5.56 Å². The SMILES string of the molecule is Cc1c(-c2ccc(C(F)(F)F)cn2)ccc2c(=O)n(CCC[C@H](C)Nc3cnn(C)c(=O)c3C(F)(F)F)ccc12. The number of fused-ring (bicyclic) bond motifs is 1. The van der Waals surface area contributed by atoms with Gasteiger partial charge in [-0.25, -0.2) is 4.68 Å². The molecule has 4 rings (SSSR count). The molecule has 7 nitrogen and oxygen atoms in total. The van der Waals surface area contributed by atoms with Crippen molar-refractivity contribution in [2.45, 2.75) is 51.6 Å². The molecule has 13 heteroatoms. The van der Waals surface area contributed by atoms with E-state index in [0.29, 0.717) is 51.7 Å². The molecule has 4 aromatic rings. The summed E-state index contributed by atoms with van der Waals surface area (Å²) in [6.07, 6.45) is -5.16. The summed E-state index contributed by atoms with van der Waals surface area (Å²) in [4.78, 5) is 29.0. The van der Waals surface area contributed by atoms with Crippen molar-refractivity contribution in [3.63, 3.8) is 0 Å². The van der Waals surface area contributed by atoms with Gasteiger partial charge in [-0.3, -0.25) is 14.6 Å². The molecule has 3 heterocycles. The minimum absolute atomic E-state index is 0.275. The fraction of sp³-hybridized carbons (Fsp3) is 0.333. The quantitative estimate of drug-likeness (QED) is 0.287. The van der Waals surface area contributed by atoms with Gasteiger partial charge < -0.3 is 9.88 Å². The van der Waals surface area contributed by atoms with E-state index in [4.69, 9.17) is 0 Å². The summed E-state index contributed by atoms with van der Waals surface area (Å²) in [5.41, 5.74) is -2.46. The third-order valence-electron chi connectivity index (χ3n) is 6.65. The fourth-order valence-electron chi connectivity index (χ4n) is 4.52. The summed E-state index contributed by atoms with van der Waals surface area (Å²) in [5, 5.41) is 7.42. The number of nitrogens with one attached hydrogen (secondary N) is 1. The third kappa shape index (κ3) is 5.87. The smallest absolute Gasteiger partial charge is 0.381 e. The van der Waals surface area contributed by atoms with E-state index in [9.17, 15) is 35.9 Å². The Balaban J connectivity index is 1.48. The predicted octanol–water partition coefficient (Wildman–Crippen LogP) is 5.78. The molecule has 0 aliphatic rings. The molecule has 0 saturated carbocycles. The molecular weight excluding hydrogens is 540 g/mol. The monoisotopic (exact) mass is 565 g/mol. The lowest BCUT2D eigenvalue weighted by Crippen LogP contribution is -2.31. The van der Waals surface area contributed by atoms with E-state index in [1.165, 1.54) is 10.6 Å². The maximum atomic E-state index is 13.4. The summed E-state index contributed by atoms with van der Waals surface area (Å²) in [6.45, 7) is 3.72. The van der Waals surface area contributed by atoms with Gasteiger partial charge in [0.05, 0.1) is 23.1 Å². The minimum atomic E-state index is -4.85. The Hall–Kier alpha value is -4.16. The summed E-state index contributed by atoms with van der Waals surface area (Å²) >= 11 is 0. The van der Waals surface area contributed by atoms with Crippen LogP contribution in [0, 0.1) is 6.92 Å². The van der Waals surface area contributed by atoms with Gasteiger partial charge in [0.15, 0.2) is 0 Å². The molecule has 0 fully saturated rings. The van der Waals surface area contributed by atoms with Crippen molar-refractivity contribution in [3.8, 4) is 11.3 Å². The van der Waals surface area contributed by atoms with E-state index in [1.54, 1.807) is 38.2 Å². The van der Waals surface area contributed by atoms with Gasteiger partial charge in [0.25, 0.3) is 11.1 Å². The fourth-order valence-corrected chi connectivity index (χ4v) is 4.52. The van der Waals surface area contributed by atoms with Gasteiger partial charge in [-0.15, -0.1) is 0 Å². The summed E-state index contributed by atoms with van der Waals surface area (Å²) in [5.74, 6) is 0. The van der Waals surface area contributed by atoms with Crippen LogP contribution < -0.4 is 16.4 Å². The Morgan fingerprint density at radius 1 is 0.925 bits per heavy atom. The normalized spacial score (nSPS) is 13.0. The lowest BCUT2D eigenvalue weighted by molar-refractivity contribution is -0.139. The van der Waals surface area contributed by atoms with Crippen molar-refractivity contribution in [2.24, 2.45) is 7.05 Å². The van der Waals surface area contributed by atoms with Crippen LogP contribution in [0.5, 0.6) is 0 Å². The summed E-state index contributed by atoms with van der Waals surface area (Å²) < 4.78 is 81.0. The number of anilines is 1. The highest BCUT2D eigenvalue weighted by molar-refractivity contribution is 5.90.